The number of halogens is 1. The molecule has 2 bridgehead atoms. The largest absolute Gasteiger partial charge is 0.393 e. The maximum Gasteiger partial charge on any atom is 0.256 e. The second kappa shape index (κ2) is 7.44. The maximum atomic E-state index is 15.4. The summed E-state index contributed by atoms with van der Waals surface area (Å²) < 4.78 is 23.2. The third kappa shape index (κ3) is 3.06. The van der Waals surface area contributed by atoms with Crippen LogP contribution in [0.5, 0.6) is 0 Å². The molecule has 0 atom stereocenters. The second-order valence-electron chi connectivity index (χ2n) is 9.18. The van der Waals surface area contributed by atoms with Crippen LogP contribution in [0.3, 0.4) is 0 Å². The number of nitrogens with one attached hydrogen (secondary N) is 1. The van der Waals surface area contributed by atoms with Crippen LogP contribution in [-0.4, -0.2) is 56.7 Å². The van der Waals surface area contributed by atoms with Crippen LogP contribution in [-0.2, 0) is 16.7 Å². The van der Waals surface area contributed by atoms with E-state index >= 15 is 4.39 Å². The van der Waals surface area contributed by atoms with Crippen LogP contribution >= 0.6 is 0 Å². The van der Waals surface area contributed by atoms with E-state index in [4.69, 9.17) is 15.5 Å². The lowest BCUT2D eigenvalue weighted by molar-refractivity contribution is -0.0488. The molecule has 1 aliphatic carbocycles. The highest BCUT2D eigenvalue weighted by atomic mass is 19.1. The van der Waals surface area contributed by atoms with Gasteiger partial charge in [0.2, 0.25) is 0 Å². The number of ether oxygens (including phenoxy) is 1. The van der Waals surface area contributed by atoms with Gasteiger partial charge in [0.1, 0.15) is 34.7 Å². The first-order valence-electron chi connectivity index (χ1n) is 11.1. The van der Waals surface area contributed by atoms with Crippen LogP contribution in [0.2, 0.25) is 0 Å². The van der Waals surface area contributed by atoms with E-state index < -0.39 is 17.3 Å². The van der Waals surface area contributed by atoms with Gasteiger partial charge in [-0.3, -0.25) is 9.79 Å². The molecule has 1 aromatic carbocycles. The Kier molecular flexibility index (Phi) is 4.58. The molecule has 1 amide bonds. The zero-order valence-corrected chi connectivity index (χ0v) is 18.3. The molecule has 5 heterocycles. The van der Waals surface area contributed by atoms with Crippen LogP contribution in [0, 0.1) is 5.82 Å². The fourth-order valence-corrected chi connectivity index (χ4v) is 5.40. The van der Waals surface area contributed by atoms with E-state index in [1.165, 1.54) is 6.07 Å². The van der Waals surface area contributed by atoms with Crippen molar-refractivity contribution in [2.75, 3.05) is 25.1 Å². The molecule has 174 valence electrons. The fourth-order valence-electron chi connectivity index (χ4n) is 5.40. The molecule has 2 saturated heterocycles. The highest BCUT2D eigenvalue weighted by molar-refractivity contribution is 6.05. The van der Waals surface area contributed by atoms with Crippen molar-refractivity contribution in [1.29, 1.82) is 0 Å². The number of aliphatic hydroxyl groups excluding tert-OH is 1. The van der Waals surface area contributed by atoms with E-state index in [2.05, 4.69) is 15.3 Å². The summed E-state index contributed by atoms with van der Waals surface area (Å²) in [4.78, 5) is 25.8. The Morgan fingerprint density at radius 1 is 1.29 bits per heavy atom. The summed E-state index contributed by atoms with van der Waals surface area (Å²) >= 11 is 0. The van der Waals surface area contributed by atoms with E-state index in [1.54, 1.807) is 36.5 Å². The highest BCUT2D eigenvalue weighted by Crippen LogP contribution is 2.58. The van der Waals surface area contributed by atoms with Crippen LogP contribution < -0.4 is 11.1 Å². The van der Waals surface area contributed by atoms with Gasteiger partial charge < -0.3 is 25.5 Å². The standard InChI is InChI=1S/C24H23FN6O3/c25-16-9-14(21(33)29-17-3-1-2-6-27-17)4-5-15(16)18-19-20(26)28-7-8-31(19)22(30-18)23-10-24(11-23,12-32)34-13-23/h1-6,9,32H,7-8,10-13H2,(H2,26,28)(H,27,29,33). The molecule has 3 fully saturated rings. The number of hydrogen-bond acceptors (Lipinski definition) is 7. The van der Waals surface area contributed by atoms with E-state index in [9.17, 15) is 9.90 Å². The van der Waals surface area contributed by atoms with Gasteiger partial charge in [0.25, 0.3) is 5.91 Å². The van der Waals surface area contributed by atoms with E-state index in [0.717, 1.165) is 5.82 Å². The van der Waals surface area contributed by atoms with Crippen molar-refractivity contribution >= 4 is 17.6 Å². The highest BCUT2D eigenvalue weighted by Gasteiger charge is 2.65. The predicted octanol–water partition coefficient (Wildman–Crippen LogP) is 1.85. The number of fused-ring (bicyclic) bond motifs is 2. The van der Waals surface area contributed by atoms with Gasteiger partial charge in [0.15, 0.2) is 0 Å². The number of carbonyl (C=O) groups excluding carboxylic acids is 1. The smallest absolute Gasteiger partial charge is 0.256 e. The van der Waals surface area contributed by atoms with Crippen LogP contribution in [0.25, 0.3) is 11.3 Å². The fraction of sp³-hybridized carbons (Fsp3) is 0.333. The van der Waals surface area contributed by atoms with Crippen molar-refractivity contribution in [3.8, 4) is 11.3 Å². The number of rotatable bonds is 5. The van der Waals surface area contributed by atoms with Gasteiger partial charge in [-0.05, 0) is 43.2 Å². The minimum Gasteiger partial charge on any atom is -0.393 e. The summed E-state index contributed by atoms with van der Waals surface area (Å²) in [6.45, 7) is 1.52. The number of aliphatic hydroxyl groups is 1. The number of nitrogens with two attached hydrogens (primary N) is 1. The molecular weight excluding hydrogens is 439 g/mol. The van der Waals surface area contributed by atoms with Gasteiger partial charge in [-0.25, -0.2) is 14.4 Å². The van der Waals surface area contributed by atoms with Gasteiger partial charge in [-0.1, -0.05) is 6.07 Å². The lowest BCUT2D eigenvalue weighted by Gasteiger charge is -2.43. The number of amides is 1. The molecule has 2 aromatic heterocycles. The zero-order valence-electron chi connectivity index (χ0n) is 18.3. The van der Waals surface area contributed by atoms with E-state index in [0.29, 0.717) is 55.6 Å². The number of nitrogens with zero attached hydrogens (tertiary/aromatic N) is 4. The van der Waals surface area contributed by atoms with Crippen LogP contribution in [0.15, 0.2) is 47.6 Å². The molecule has 4 aliphatic rings. The predicted molar refractivity (Wildman–Crippen MR) is 122 cm³/mol. The van der Waals surface area contributed by atoms with Gasteiger partial charge >= 0.3 is 0 Å². The minimum absolute atomic E-state index is 0.0323. The third-order valence-electron chi connectivity index (χ3n) is 6.95. The Morgan fingerprint density at radius 3 is 2.85 bits per heavy atom. The second-order valence-corrected chi connectivity index (χ2v) is 9.18. The maximum absolute atomic E-state index is 15.4. The van der Waals surface area contributed by atoms with Crippen molar-refractivity contribution in [2.24, 2.45) is 10.7 Å². The number of aromatic nitrogens is 3. The number of carbonyl (C=O) groups is 1. The number of anilines is 1. The van der Waals surface area contributed by atoms with Crippen molar-refractivity contribution in [3.05, 3.63) is 65.5 Å². The molecule has 4 N–H and O–H groups in total. The average molecular weight is 462 g/mol. The summed E-state index contributed by atoms with van der Waals surface area (Å²) in [5.41, 5.74) is 6.79. The molecule has 0 radical (unpaired) electrons. The molecule has 3 aromatic rings. The summed E-state index contributed by atoms with van der Waals surface area (Å²) in [7, 11) is 0. The van der Waals surface area contributed by atoms with E-state index in [1.807, 2.05) is 4.57 Å². The lowest BCUT2D eigenvalue weighted by Crippen LogP contribution is -2.50. The monoisotopic (exact) mass is 462 g/mol. The van der Waals surface area contributed by atoms with Gasteiger partial charge in [0.05, 0.1) is 30.8 Å². The van der Waals surface area contributed by atoms with Crippen molar-refractivity contribution < 1.29 is 19.0 Å². The quantitative estimate of drug-likeness (QED) is 0.531. The topological polar surface area (TPSA) is 128 Å². The molecule has 0 spiro atoms. The molecule has 34 heavy (non-hydrogen) atoms. The lowest BCUT2D eigenvalue weighted by atomic mass is 9.62. The molecule has 10 heteroatoms. The molecule has 9 nitrogen and oxygen atoms in total. The summed E-state index contributed by atoms with van der Waals surface area (Å²) in [6, 6.07) is 9.42. The number of pyridine rings is 1. The normalized spacial score (nSPS) is 24.8. The third-order valence-corrected chi connectivity index (χ3v) is 6.95. The first-order valence-corrected chi connectivity index (χ1v) is 11.1. The van der Waals surface area contributed by atoms with Crippen LogP contribution in [0.4, 0.5) is 10.2 Å². The Morgan fingerprint density at radius 2 is 2.15 bits per heavy atom. The van der Waals surface area contributed by atoms with Gasteiger partial charge in [-0.2, -0.15) is 0 Å². The summed E-state index contributed by atoms with van der Waals surface area (Å²) in [5.74, 6) is 0.423. The Bertz CT molecular complexity index is 1330. The van der Waals surface area contributed by atoms with Crippen molar-refractivity contribution in [3.63, 3.8) is 0 Å². The van der Waals surface area contributed by atoms with Crippen molar-refractivity contribution in [2.45, 2.75) is 30.4 Å². The molecule has 7 rings (SSSR count). The number of imidazole rings is 1. The molecule has 0 unspecified atom stereocenters. The van der Waals surface area contributed by atoms with Gasteiger partial charge in [-0.15, -0.1) is 0 Å². The number of amidine groups is 1. The Balaban J connectivity index is 1.37. The van der Waals surface area contributed by atoms with Crippen LogP contribution in [0.1, 0.15) is 34.7 Å². The number of benzene rings is 1. The average Bonchev–Trinajstić information content (AvgIpc) is 3.50. The molecule has 3 aliphatic heterocycles. The number of hydrogen-bond donors (Lipinski definition) is 3. The van der Waals surface area contributed by atoms with E-state index in [-0.39, 0.29) is 23.1 Å². The molecule has 1 saturated carbocycles. The Hall–Kier alpha value is -3.63. The minimum atomic E-state index is -0.585. The SMILES string of the molecule is NC1=NCCn2c(C34COC(CO)(C3)C4)nc(-c3ccc(C(=O)Nc4ccccn4)cc3F)c21. The first kappa shape index (κ1) is 20.9. The Labute approximate surface area is 194 Å². The summed E-state index contributed by atoms with van der Waals surface area (Å²) in [6.07, 6.45) is 2.89. The first-order chi connectivity index (χ1) is 16.4. The van der Waals surface area contributed by atoms with Gasteiger partial charge in [0, 0.05) is 23.9 Å². The zero-order chi connectivity index (χ0) is 23.5. The summed E-state index contributed by atoms with van der Waals surface area (Å²) in [5, 5.41) is 12.4. The molecular formula is C24H23FN6O3. The van der Waals surface area contributed by atoms with Crippen molar-refractivity contribution in [1.82, 2.24) is 14.5 Å². The number of aliphatic imine (C=N–C) groups is 1.